The number of anilines is 1. The number of nitrogens with zero attached hydrogens (tertiary/aromatic N) is 5. The van der Waals surface area contributed by atoms with E-state index >= 15 is 0 Å². The van der Waals surface area contributed by atoms with Crippen molar-refractivity contribution in [1.29, 1.82) is 0 Å². The molecule has 0 radical (unpaired) electrons. The second kappa shape index (κ2) is 11.9. The van der Waals surface area contributed by atoms with Crippen molar-refractivity contribution in [3.8, 4) is 0 Å². The van der Waals surface area contributed by atoms with Crippen LogP contribution >= 0.6 is 8.60 Å². The zero-order valence-electron chi connectivity index (χ0n) is 21.9. The highest BCUT2D eigenvalue weighted by Gasteiger charge is 2.36. The summed E-state index contributed by atoms with van der Waals surface area (Å²) in [6, 6.07) is 6.79. The van der Waals surface area contributed by atoms with Crippen LogP contribution in [0, 0.1) is 5.92 Å². The molecule has 3 aliphatic rings. The quantitative estimate of drug-likeness (QED) is 0.315. The molecule has 2 aromatic heterocycles. The van der Waals surface area contributed by atoms with Crippen LogP contribution in [0.15, 0.2) is 41.8 Å². The number of nitrogen functional groups attached to an aromatic ring is 1. The Kier molecular flexibility index (Phi) is 8.26. The molecule has 2 N–H and O–H groups in total. The number of ether oxygens (including phenoxy) is 2. The number of sulfonamides is 1. The van der Waals surface area contributed by atoms with Crippen LogP contribution in [-0.4, -0.2) is 77.9 Å². The second-order valence-electron chi connectivity index (χ2n) is 9.83. The standard InChI is InChI=1S/C24H31N6O8PS/c1-16-11-18(36-24(16)30-15-28-21-22(25)26-14-27-23(21)30)13-35-39-37-20(5-8-34-38-39)17-3-2-4-19(12-17)40(31,32)29-6-9-33-10-7-29/h2-4,12,14-16,18,20,24H,5-11,13H2,1H3,(H2,25,26,27). The maximum atomic E-state index is 13.2. The number of benzene rings is 1. The zero-order chi connectivity index (χ0) is 27.7. The molecule has 3 aliphatic heterocycles. The second-order valence-corrected chi connectivity index (χ2v) is 12.8. The lowest BCUT2D eigenvalue weighted by Gasteiger charge is -2.26. The van der Waals surface area contributed by atoms with Gasteiger partial charge >= 0.3 is 8.60 Å². The highest BCUT2D eigenvalue weighted by atomic mass is 32.2. The molecule has 0 aliphatic carbocycles. The van der Waals surface area contributed by atoms with E-state index < -0.39 is 24.7 Å². The first-order valence-electron chi connectivity index (χ1n) is 13.1. The highest BCUT2D eigenvalue weighted by Crippen LogP contribution is 2.49. The topological polar surface area (TPSA) is 162 Å². The van der Waals surface area contributed by atoms with Crippen LogP contribution in [0.4, 0.5) is 5.82 Å². The molecule has 3 fully saturated rings. The molecule has 6 rings (SSSR count). The Hall–Kier alpha value is -2.33. The van der Waals surface area contributed by atoms with Crippen LogP contribution in [0.2, 0.25) is 0 Å². The Bertz CT molecular complexity index is 1440. The molecule has 16 heteroatoms. The first-order valence-corrected chi connectivity index (χ1v) is 15.6. The Morgan fingerprint density at radius 2 is 2.02 bits per heavy atom. The predicted molar refractivity (Wildman–Crippen MR) is 142 cm³/mol. The van der Waals surface area contributed by atoms with Gasteiger partial charge in [-0.2, -0.15) is 8.98 Å². The third-order valence-corrected chi connectivity index (χ3v) is 10.0. The van der Waals surface area contributed by atoms with E-state index in [1.165, 1.54) is 10.6 Å². The number of morpholine rings is 1. The van der Waals surface area contributed by atoms with E-state index in [2.05, 4.69) is 21.9 Å². The molecule has 1 aromatic carbocycles. The molecule has 5 heterocycles. The minimum atomic E-state index is -3.64. The Labute approximate surface area is 232 Å². The van der Waals surface area contributed by atoms with Crippen LogP contribution in [0.25, 0.3) is 11.2 Å². The fourth-order valence-electron chi connectivity index (χ4n) is 5.07. The molecule has 216 valence electrons. The van der Waals surface area contributed by atoms with Gasteiger partial charge in [0.2, 0.25) is 10.0 Å². The number of hydrogen-bond donors (Lipinski definition) is 1. The molecule has 3 saturated heterocycles. The number of aromatic nitrogens is 4. The van der Waals surface area contributed by atoms with Gasteiger partial charge in [-0.1, -0.05) is 19.1 Å². The monoisotopic (exact) mass is 594 g/mol. The molecule has 0 bridgehead atoms. The van der Waals surface area contributed by atoms with Crippen molar-refractivity contribution in [2.75, 3.05) is 45.3 Å². The molecule has 3 aromatic rings. The lowest BCUT2D eigenvalue weighted by molar-refractivity contribution is -0.208. The summed E-state index contributed by atoms with van der Waals surface area (Å²) in [5.41, 5.74) is 7.78. The summed E-state index contributed by atoms with van der Waals surface area (Å²) in [6.45, 7) is 3.99. The lowest BCUT2D eigenvalue weighted by Crippen LogP contribution is -2.40. The van der Waals surface area contributed by atoms with Crippen molar-refractivity contribution in [2.24, 2.45) is 5.92 Å². The largest absolute Gasteiger partial charge is 0.382 e. The van der Waals surface area contributed by atoms with Crippen molar-refractivity contribution in [3.63, 3.8) is 0 Å². The summed E-state index contributed by atoms with van der Waals surface area (Å²) < 4.78 is 58.7. The van der Waals surface area contributed by atoms with E-state index in [-0.39, 0.29) is 36.4 Å². The van der Waals surface area contributed by atoms with Gasteiger partial charge in [-0.25, -0.2) is 28.3 Å². The smallest absolute Gasteiger partial charge is 0.363 e. The maximum Gasteiger partial charge on any atom is 0.363 e. The third-order valence-electron chi connectivity index (χ3n) is 7.11. The number of hydrogen-bond acceptors (Lipinski definition) is 12. The SMILES string of the molecule is CC1CC(COP2OOCCC(c3cccc(S(=O)(=O)N4CCOCC4)c3)O2)OC1n1cnc2c(N)ncnc21. The van der Waals surface area contributed by atoms with Crippen molar-refractivity contribution >= 4 is 35.6 Å². The van der Waals surface area contributed by atoms with Crippen molar-refractivity contribution in [1.82, 2.24) is 23.8 Å². The normalized spacial score (nSPS) is 28.6. The highest BCUT2D eigenvalue weighted by molar-refractivity contribution is 7.89. The fourth-order valence-corrected chi connectivity index (χ4v) is 7.55. The molecule has 40 heavy (non-hydrogen) atoms. The van der Waals surface area contributed by atoms with Crippen LogP contribution in [0.1, 0.15) is 37.7 Å². The van der Waals surface area contributed by atoms with Gasteiger partial charge in [-0.05, 0) is 24.1 Å². The van der Waals surface area contributed by atoms with Crippen molar-refractivity contribution < 1.29 is 36.5 Å². The zero-order valence-corrected chi connectivity index (χ0v) is 23.6. The molecule has 5 unspecified atom stereocenters. The molecule has 0 spiro atoms. The van der Waals surface area contributed by atoms with Crippen LogP contribution < -0.4 is 5.73 Å². The minimum Gasteiger partial charge on any atom is -0.382 e. The van der Waals surface area contributed by atoms with Crippen molar-refractivity contribution in [2.45, 2.75) is 43.1 Å². The summed E-state index contributed by atoms with van der Waals surface area (Å²) in [6.07, 6.45) is 3.29. The number of nitrogens with two attached hydrogens (primary N) is 1. The summed E-state index contributed by atoms with van der Waals surface area (Å²) in [5.74, 6) is 0.477. The Morgan fingerprint density at radius 1 is 1.18 bits per heavy atom. The summed E-state index contributed by atoms with van der Waals surface area (Å²) in [4.78, 5) is 18.2. The number of imidazole rings is 1. The third kappa shape index (κ3) is 5.71. The predicted octanol–water partition coefficient (Wildman–Crippen LogP) is 2.71. The molecule has 5 atom stereocenters. The molecular formula is C24H31N6O8PS. The van der Waals surface area contributed by atoms with Gasteiger partial charge in [0.15, 0.2) is 11.5 Å². The van der Waals surface area contributed by atoms with Crippen LogP contribution in [-0.2, 0) is 38.1 Å². The van der Waals surface area contributed by atoms with Gasteiger partial charge in [-0.3, -0.25) is 4.57 Å². The average molecular weight is 595 g/mol. The Balaban J connectivity index is 1.09. The van der Waals surface area contributed by atoms with Gasteiger partial charge in [0.05, 0.1) is 49.9 Å². The van der Waals surface area contributed by atoms with Gasteiger partial charge in [0.1, 0.15) is 18.1 Å². The van der Waals surface area contributed by atoms with E-state index in [0.29, 0.717) is 55.3 Å². The van der Waals surface area contributed by atoms with Gasteiger partial charge in [0, 0.05) is 25.4 Å². The maximum absolute atomic E-state index is 13.2. The van der Waals surface area contributed by atoms with E-state index in [1.807, 2.05) is 10.6 Å². The number of rotatable bonds is 7. The van der Waals surface area contributed by atoms with E-state index in [4.69, 9.17) is 33.8 Å². The Morgan fingerprint density at radius 3 is 2.88 bits per heavy atom. The van der Waals surface area contributed by atoms with Gasteiger partial charge < -0.3 is 24.3 Å². The van der Waals surface area contributed by atoms with E-state index in [9.17, 15) is 8.42 Å². The van der Waals surface area contributed by atoms with Gasteiger partial charge in [0.25, 0.3) is 0 Å². The average Bonchev–Trinajstić information content (AvgIpc) is 3.48. The van der Waals surface area contributed by atoms with Crippen LogP contribution in [0.5, 0.6) is 0 Å². The van der Waals surface area contributed by atoms with E-state index in [0.717, 1.165) is 6.42 Å². The first-order chi connectivity index (χ1) is 19.4. The van der Waals surface area contributed by atoms with Gasteiger partial charge in [-0.15, -0.1) is 0 Å². The van der Waals surface area contributed by atoms with E-state index in [1.54, 1.807) is 24.5 Å². The van der Waals surface area contributed by atoms with Crippen LogP contribution in [0.3, 0.4) is 0 Å². The summed E-state index contributed by atoms with van der Waals surface area (Å²) in [5, 5.41) is 0. The first kappa shape index (κ1) is 27.8. The lowest BCUT2D eigenvalue weighted by atomic mass is 10.1. The fraction of sp³-hybridized carbons (Fsp3) is 0.542. The minimum absolute atomic E-state index is 0.158. The molecular weight excluding hydrogens is 563 g/mol. The molecule has 0 amide bonds. The molecule has 14 nitrogen and oxygen atoms in total. The van der Waals surface area contributed by atoms with Crippen molar-refractivity contribution in [3.05, 3.63) is 42.5 Å². The summed E-state index contributed by atoms with van der Waals surface area (Å²) >= 11 is 0. The number of fused-ring (bicyclic) bond motifs is 1. The molecule has 0 saturated carbocycles. The summed E-state index contributed by atoms with van der Waals surface area (Å²) in [7, 11) is -5.51.